The van der Waals surface area contributed by atoms with Crippen molar-refractivity contribution >= 4 is 29.6 Å². The molecular weight excluding hydrogens is 370 g/mol. The molecule has 0 saturated heterocycles. The van der Waals surface area contributed by atoms with Crippen LogP contribution in [0.25, 0.3) is 0 Å². The Morgan fingerprint density at radius 3 is 2.54 bits per heavy atom. The summed E-state index contributed by atoms with van der Waals surface area (Å²) >= 11 is 1.18. The van der Waals surface area contributed by atoms with Crippen LogP contribution in [0.1, 0.15) is 38.1 Å². The van der Waals surface area contributed by atoms with Gasteiger partial charge in [-0.2, -0.15) is 0 Å². The number of hydrogen-bond acceptors (Lipinski definition) is 8. The van der Waals surface area contributed by atoms with Gasteiger partial charge in [-0.1, -0.05) is 11.8 Å². The normalized spacial score (nSPS) is 11.2. The monoisotopic (exact) mass is 392 g/mol. The number of nitrogens with one attached hydrogen (secondary N) is 1. The van der Waals surface area contributed by atoms with Crippen molar-refractivity contribution < 1.29 is 27.8 Å². The number of hydrazine groups is 1. The highest BCUT2D eigenvalue weighted by molar-refractivity contribution is 7.98. The molecule has 0 aromatic carbocycles. The predicted molar refractivity (Wildman–Crippen MR) is 92.3 cm³/mol. The zero-order valence-electron chi connectivity index (χ0n) is 15.2. The average molecular weight is 392 g/mol. The lowest BCUT2D eigenvalue weighted by atomic mass is 10.2. The molecule has 0 atom stereocenters. The maximum Gasteiger partial charge on any atom is 0.429 e. The lowest BCUT2D eigenvalue weighted by molar-refractivity contribution is 0.0161. The van der Waals surface area contributed by atoms with Crippen LogP contribution in [-0.4, -0.2) is 58.5 Å². The first-order valence-corrected chi connectivity index (χ1v) is 8.93. The van der Waals surface area contributed by atoms with E-state index in [1.807, 2.05) is 0 Å². The van der Waals surface area contributed by atoms with E-state index < -0.39 is 30.6 Å². The third-order valence-corrected chi connectivity index (χ3v) is 3.18. The number of carbonyl (C=O) groups excluding carboxylic acids is 2. The quantitative estimate of drug-likeness (QED) is 0.327. The van der Waals surface area contributed by atoms with Crippen molar-refractivity contribution in [1.82, 2.24) is 15.0 Å². The van der Waals surface area contributed by atoms with Crippen LogP contribution < -0.4 is 5.43 Å². The molecule has 0 spiro atoms. The average Bonchev–Trinajstić information content (AvgIpc) is 2.52. The Balaban J connectivity index is 3.18. The molecule has 1 N–H and O–H groups in total. The number of hydrogen-bond donors (Lipinski definition) is 1. The van der Waals surface area contributed by atoms with Gasteiger partial charge in [0.25, 0.3) is 6.43 Å². The van der Waals surface area contributed by atoms with E-state index in [-0.39, 0.29) is 23.1 Å². The first kappa shape index (κ1) is 21.9. The summed E-state index contributed by atoms with van der Waals surface area (Å²) in [4.78, 5) is 32.3. The number of halogens is 2. The molecule has 1 aromatic rings. The van der Waals surface area contributed by atoms with Gasteiger partial charge in [0.15, 0.2) is 11.0 Å². The fraction of sp³-hybridized carbons (Fsp3) is 0.600. The molecule has 0 unspecified atom stereocenters. The highest BCUT2D eigenvalue weighted by Gasteiger charge is 2.27. The summed E-state index contributed by atoms with van der Waals surface area (Å²) in [7, 11) is 0. The minimum absolute atomic E-state index is 0.0903. The van der Waals surface area contributed by atoms with E-state index in [0.29, 0.717) is 5.01 Å². The second-order valence-electron chi connectivity index (χ2n) is 5.93. The van der Waals surface area contributed by atoms with Crippen molar-refractivity contribution in [3.05, 3.63) is 11.8 Å². The van der Waals surface area contributed by atoms with E-state index in [0.717, 1.165) is 0 Å². The minimum atomic E-state index is -2.83. The standard InChI is InChI=1S/C15H22F2N4O4S/c1-6-24-12(22)9-7-18-13(26-5)19-11(9)20-21(8-10(16)17)14(23)25-15(2,3)4/h7,10H,6,8H2,1-5H3,(H,18,19,20). The third kappa shape index (κ3) is 6.98. The Morgan fingerprint density at radius 1 is 1.38 bits per heavy atom. The second kappa shape index (κ2) is 9.51. The lowest BCUT2D eigenvalue weighted by Crippen LogP contribution is -2.43. The number of thioether (sulfide) groups is 1. The van der Waals surface area contributed by atoms with Gasteiger partial charge in [0, 0.05) is 6.20 Å². The van der Waals surface area contributed by atoms with E-state index >= 15 is 0 Å². The number of esters is 1. The van der Waals surface area contributed by atoms with Crippen molar-refractivity contribution in [3.8, 4) is 0 Å². The summed E-state index contributed by atoms with van der Waals surface area (Å²) in [6.45, 7) is 5.57. The fourth-order valence-corrected chi connectivity index (χ4v) is 2.00. The molecule has 0 radical (unpaired) electrons. The number of amides is 1. The van der Waals surface area contributed by atoms with Crippen molar-refractivity contribution in [1.29, 1.82) is 0 Å². The van der Waals surface area contributed by atoms with Crippen molar-refractivity contribution in [2.75, 3.05) is 24.8 Å². The van der Waals surface area contributed by atoms with Gasteiger partial charge in [-0.05, 0) is 34.0 Å². The van der Waals surface area contributed by atoms with Crippen molar-refractivity contribution in [2.45, 2.75) is 44.9 Å². The topological polar surface area (TPSA) is 93.6 Å². The predicted octanol–water partition coefficient (Wildman–Crippen LogP) is 3.20. The van der Waals surface area contributed by atoms with Crippen LogP contribution >= 0.6 is 11.8 Å². The highest BCUT2D eigenvalue weighted by Crippen LogP contribution is 2.20. The van der Waals surface area contributed by atoms with Gasteiger partial charge in [-0.25, -0.2) is 33.3 Å². The Bertz CT molecular complexity index is 641. The molecule has 26 heavy (non-hydrogen) atoms. The maximum atomic E-state index is 12.9. The molecule has 0 bridgehead atoms. The van der Waals surface area contributed by atoms with E-state index in [9.17, 15) is 18.4 Å². The number of aromatic nitrogens is 2. The van der Waals surface area contributed by atoms with Gasteiger partial charge in [-0.3, -0.25) is 5.43 Å². The molecule has 11 heteroatoms. The Hall–Kier alpha value is -2.17. The number of alkyl halides is 2. The van der Waals surface area contributed by atoms with E-state index in [4.69, 9.17) is 9.47 Å². The third-order valence-electron chi connectivity index (χ3n) is 2.62. The Labute approximate surface area is 154 Å². The molecule has 146 valence electrons. The summed E-state index contributed by atoms with van der Waals surface area (Å²) in [6, 6.07) is 0. The molecule has 0 aliphatic rings. The van der Waals surface area contributed by atoms with Gasteiger partial charge >= 0.3 is 12.1 Å². The van der Waals surface area contributed by atoms with Crippen LogP contribution in [0, 0.1) is 0 Å². The number of rotatable bonds is 7. The van der Waals surface area contributed by atoms with Gasteiger partial charge in [0.1, 0.15) is 17.7 Å². The van der Waals surface area contributed by atoms with Crippen LogP contribution in [0.4, 0.5) is 19.4 Å². The van der Waals surface area contributed by atoms with E-state index in [2.05, 4.69) is 15.4 Å². The molecule has 1 amide bonds. The smallest absolute Gasteiger partial charge is 0.429 e. The second-order valence-corrected chi connectivity index (χ2v) is 6.71. The van der Waals surface area contributed by atoms with Crippen LogP contribution in [-0.2, 0) is 9.47 Å². The van der Waals surface area contributed by atoms with Crippen LogP contribution in [0.5, 0.6) is 0 Å². The molecule has 1 rings (SSSR count). The zero-order chi connectivity index (χ0) is 19.9. The molecule has 0 aliphatic heterocycles. The highest BCUT2D eigenvalue weighted by atomic mass is 32.2. The van der Waals surface area contributed by atoms with E-state index in [1.165, 1.54) is 18.0 Å². The summed E-state index contributed by atoms with van der Waals surface area (Å²) in [5.41, 5.74) is 1.45. The van der Waals surface area contributed by atoms with Crippen molar-refractivity contribution in [2.24, 2.45) is 0 Å². The number of ether oxygens (including phenoxy) is 2. The van der Waals surface area contributed by atoms with Gasteiger partial charge in [0.2, 0.25) is 0 Å². The first-order valence-electron chi connectivity index (χ1n) is 7.70. The van der Waals surface area contributed by atoms with Crippen molar-refractivity contribution in [3.63, 3.8) is 0 Å². The van der Waals surface area contributed by atoms with Crippen LogP contribution in [0.15, 0.2) is 11.4 Å². The molecular formula is C15H22F2N4O4S. The number of nitrogens with zero attached hydrogens (tertiary/aromatic N) is 3. The van der Waals surface area contributed by atoms with Crippen LogP contribution in [0.2, 0.25) is 0 Å². The van der Waals surface area contributed by atoms with Gasteiger partial charge < -0.3 is 9.47 Å². The van der Waals surface area contributed by atoms with Crippen LogP contribution in [0.3, 0.4) is 0 Å². The molecule has 0 saturated carbocycles. The Morgan fingerprint density at radius 2 is 2.04 bits per heavy atom. The summed E-state index contributed by atoms with van der Waals surface area (Å²) in [5.74, 6) is -0.877. The summed E-state index contributed by atoms with van der Waals surface area (Å²) < 4.78 is 35.8. The molecule has 0 fully saturated rings. The molecule has 8 nitrogen and oxygen atoms in total. The number of carbonyl (C=O) groups is 2. The zero-order valence-corrected chi connectivity index (χ0v) is 16.0. The molecule has 1 heterocycles. The first-order chi connectivity index (χ1) is 12.1. The lowest BCUT2D eigenvalue weighted by Gasteiger charge is -2.28. The largest absolute Gasteiger partial charge is 0.462 e. The van der Waals surface area contributed by atoms with E-state index in [1.54, 1.807) is 34.0 Å². The Kier molecular flexibility index (Phi) is 8.00. The molecule has 0 aliphatic carbocycles. The SMILES string of the molecule is CCOC(=O)c1cnc(SC)nc1NN(CC(F)F)C(=O)OC(C)(C)C. The minimum Gasteiger partial charge on any atom is -0.462 e. The van der Waals surface area contributed by atoms with Gasteiger partial charge in [-0.15, -0.1) is 0 Å². The maximum absolute atomic E-state index is 12.9. The summed E-state index contributed by atoms with van der Waals surface area (Å²) in [5, 5.41) is 0.840. The molecule has 1 aromatic heterocycles. The fourth-order valence-electron chi connectivity index (χ4n) is 1.66. The van der Waals surface area contributed by atoms with Gasteiger partial charge in [0.05, 0.1) is 6.61 Å². The number of anilines is 1. The summed E-state index contributed by atoms with van der Waals surface area (Å²) in [6.07, 6.45) is -0.956.